The number of aliphatic hydroxyl groups excluding tert-OH is 3. The van der Waals surface area contributed by atoms with Crippen LogP contribution in [0.2, 0.25) is 0 Å². The summed E-state index contributed by atoms with van der Waals surface area (Å²) < 4.78 is 43.7. The van der Waals surface area contributed by atoms with Gasteiger partial charge in [0, 0.05) is 29.3 Å². The van der Waals surface area contributed by atoms with Crippen molar-refractivity contribution in [2.75, 3.05) is 39.2 Å². The molecule has 3 N–H and O–H groups in total. The maximum atomic E-state index is 14.8. The van der Waals surface area contributed by atoms with E-state index in [0.717, 1.165) is 12.7 Å². The van der Waals surface area contributed by atoms with Gasteiger partial charge in [-0.3, -0.25) is 13.9 Å². The van der Waals surface area contributed by atoms with Gasteiger partial charge in [-0.1, -0.05) is 66.7 Å². The average Bonchev–Trinajstić information content (AvgIpc) is 2.98. The lowest BCUT2D eigenvalue weighted by molar-refractivity contribution is -0.0497. The molecule has 9 nitrogen and oxygen atoms in total. The van der Waals surface area contributed by atoms with Crippen molar-refractivity contribution in [3.8, 4) is 0 Å². The van der Waals surface area contributed by atoms with Crippen molar-refractivity contribution >= 4 is 33.4 Å². The standard InChI is InChI=1S/C30H38NO8PS/c1-22-17-23(2)28(29(35)40(36,25-11-7-5-8-12-25)26-13-9-6-10-14-26)24(3)27(22)18-31(15-16-41(37,38)39-4)30(19-32,20-33)21-34/h5-14,17,32-34H,15-16,18-21H2,1-4H3. The van der Waals surface area contributed by atoms with E-state index in [0.29, 0.717) is 27.3 Å². The molecule has 0 saturated heterocycles. The molecule has 3 aromatic rings. The molecular formula is C30H38NO8PS. The van der Waals surface area contributed by atoms with Gasteiger partial charge >= 0.3 is 0 Å². The number of carbonyl (C=O) groups excluding carboxylic acids is 1. The van der Waals surface area contributed by atoms with E-state index >= 15 is 0 Å². The van der Waals surface area contributed by atoms with Crippen molar-refractivity contribution in [1.82, 2.24) is 4.90 Å². The van der Waals surface area contributed by atoms with E-state index in [1.165, 1.54) is 4.90 Å². The summed E-state index contributed by atoms with van der Waals surface area (Å²) in [4.78, 5) is 15.9. The molecule has 0 unspecified atom stereocenters. The molecule has 0 bridgehead atoms. The minimum Gasteiger partial charge on any atom is -0.394 e. The van der Waals surface area contributed by atoms with Crippen LogP contribution in [0.1, 0.15) is 32.6 Å². The number of hydrogen-bond donors (Lipinski definition) is 3. The highest BCUT2D eigenvalue weighted by Gasteiger charge is 2.40. The molecule has 0 amide bonds. The Hall–Kier alpha value is -2.69. The first-order chi connectivity index (χ1) is 19.4. The summed E-state index contributed by atoms with van der Waals surface area (Å²) in [5, 5.41) is 31.3. The molecule has 11 heteroatoms. The first-order valence-corrected chi connectivity index (χ1v) is 16.4. The molecule has 0 aliphatic rings. The molecule has 0 heterocycles. The minimum absolute atomic E-state index is 0.0138. The molecule has 3 rings (SSSR count). The van der Waals surface area contributed by atoms with E-state index in [-0.39, 0.29) is 18.7 Å². The van der Waals surface area contributed by atoms with Crippen molar-refractivity contribution in [3.63, 3.8) is 0 Å². The van der Waals surface area contributed by atoms with Crippen LogP contribution < -0.4 is 10.6 Å². The molecule has 0 aliphatic heterocycles. The van der Waals surface area contributed by atoms with Gasteiger partial charge in [0.05, 0.1) is 38.2 Å². The normalized spacial score (nSPS) is 12.6. The van der Waals surface area contributed by atoms with E-state index in [1.54, 1.807) is 80.6 Å². The highest BCUT2D eigenvalue weighted by atomic mass is 32.2. The van der Waals surface area contributed by atoms with Gasteiger partial charge in [-0.2, -0.15) is 8.42 Å². The first-order valence-electron chi connectivity index (χ1n) is 13.1. The first kappa shape index (κ1) is 32.8. The number of nitrogens with zero attached hydrogens (tertiary/aromatic N) is 1. The summed E-state index contributed by atoms with van der Waals surface area (Å²) in [6.45, 7) is 3.20. The zero-order valence-corrected chi connectivity index (χ0v) is 25.5. The fraction of sp³-hybridized carbons (Fsp3) is 0.367. The molecule has 0 aromatic heterocycles. The van der Waals surface area contributed by atoms with Crippen LogP contribution in [0, 0.1) is 20.8 Å². The summed E-state index contributed by atoms with van der Waals surface area (Å²) in [7, 11) is -6.67. The smallest absolute Gasteiger partial charge is 0.268 e. The predicted octanol–water partition coefficient (Wildman–Crippen LogP) is 2.26. The third-order valence-electron chi connectivity index (χ3n) is 7.64. The van der Waals surface area contributed by atoms with Gasteiger partial charge in [0.1, 0.15) is 0 Å². The van der Waals surface area contributed by atoms with Crippen molar-refractivity contribution in [2.45, 2.75) is 32.9 Å². The Bertz CT molecular complexity index is 1450. The van der Waals surface area contributed by atoms with Crippen LogP contribution in [0.15, 0.2) is 66.7 Å². The Balaban J connectivity index is 2.20. The summed E-state index contributed by atoms with van der Waals surface area (Å²) in [6.07, 6.45) is 0. The molecule has 0 aliphatic carbocycles. The van der Waals surface area contributed by atoms with Crippen LogP contribution in [0.3, 0.4) is 0 Å². The van der Waals surface area contributed by atoms with Crippen LogP contribution in [0.5, 0.6) is 0 Å². The molecular weight excluding hydrogens is 565 g/mol. The largest absolute Gasteiger partial charge is 0.394 e. The van der Waals surface area contributed by atoms with Gasteiger partial charge in [0.15, 0.2) is 0 Å². The van der Waals surface area contributed by atoms with Crippen LogP contribution in [-0.2, 0) is 25.4 Å². The van der Waals surface area contributed by atoms with Crippen LogP contribution in [0.4, 0.5) is 0 Å². The second-order valence-electron chi connectivity index (χ2n) is 10.1. The second-order valence-corrected chi connectivity index (χ2v) is 14.6. The predicted molar refractivity (Wildman–Crippen MR) is 160 cm³/mol. The summed E-state index contributed by atoms with van der Waals surface area (Å²) in [5.41, 5.74) is 0.773. The van der Waals surface area contributed by atoms with E-state index < -0.39 is 53.9 Å². The molecule has 0 atom stereocenters. The van der Waals surface area contributed by atoms with E-state index in [2.05, 4.69) is 4.18 Å². The lowest BCUT2D eigenvalue weighted by Gasteiger charge is -2.41. The fourth-order valence-electron chi connectivity index (χ4n) is 5.05. The highest BCUT2D eigenvalue weighted by molar-refractivity contribution is 7.93. The van der Waals surface area contributed by atoms with E-state index in [4.69, 9.17) is 0 Å². The highest BCUT2D eigenvalue weighted by Crippen LogP contribution is 2.48. The van der Waals surface area contributed by atoms with Crippen LogP contribution in [0.25, 0.3) is 0 Å². The van der Waals surface area contributed by atoms with E-state index in [1.807, 2.05) is 6.92 Å². The van der Waals surface area contributed by atoms with E-state index in [9.17, 15) is 33.1 Å². The zero-order valence-electron chi connectivity index (χ0n) is 23.8. The third kappa shape index (κ3) is 6.70. The Morgan fingerprint density at radius 2 is 1.37 bits per heavy atom. The van der Waals surface area contributed by atoms with Gasteiger partial charge in [-0.15, -0.1) is 0 Å². The average molecular weight is 604 g/mol. The number of aryl methyl sites for hydroxylation is 2. The SMILES string of the molecule is COS(=O)(=O)CCN(Cc1c(C)cc(C)c(C(=O)P(=O)(c2ccccc2)c2ccccc2)c1C)C(CO)(CO)CO. The second kappa shape index (κ2) is 13.5. The monoisotopic (exact) mass is 603 g/mol. The topological polar surface area (TPSA) is 141 Å². The Morgan fingerprint density at radius 1 is 0.878 bits per heavy atom. The Morgan fingerprint density at radius 3 is 1.80 bits per heavy atom. The van der Waals surface area contributed by atoms with Crippen molar-refractivity contribution in [1.29, 1.82) is 0 Å². The molecule has 41 heavy (non-hydrogen) atoms. The maximum absolute atomic E-state index is 14.8. The quantitative estimate of drug-likeness (QED) is 0.187. The minimum atomic E-state index is -3.90. The molecule has 0 spiro atoms. The fourth-order valence-corrected chi connectivity index (χ4v) is 8.27. The Kier molecular flexibility index (Phi) is 10.8. The summed E-state index contributed by atoms with van der Waals surface area (Å²) in [6, 6.07) is 19.1. The molecule has 3 aromatic carbocycles. The lowest BCUT2D eigenvalue weighted by atomic mass is 9.92. The van der Waals surface area contributed by atoms with Crippen molar-refractivity contribution in [2.24, 2.45) is 0 Å². The summed E-state index contributed by atoms with van der Waals surface area (Å²) in [5.74, 6) is -0.460. The number of carbonyl (C=O) groups is 1. The number of aliphatic hydroxyl groups is 3. The van der Waals surface area contributed by atoms with Gasteiger partial charge in [0.25, 0.3) is 10.1 Å². The van der Waals surface area contributed by atoms with Crippen molar-refractivity contribution < 1.29 is 37.3 Å². The zero-order chi connectivity index (χ0) is 30.4. The number of hydrogen-bond acceptors (Lipinski definition) is 9. The molecule has 0 fully saturated rings. The molecule has 0 radical (unpaired) electrons. The maximum Gasteiger partial charge on any atom is 0.268 e. The van der Waals surface area contributed by atoms with Gasteiger partial charge in [-0.25, -0.2) is 0 Å². The summed E-state index contributed by atoms with van der Waals surface area (Å²) >= 11 is 0. The molecule has 0 saturated carbocycles. The van der Waals surface area contributed by atoms with Crippen molar-refractivity contribution in [3.05, 3.63) is 94.5 Å². The third-order valence-corrected chi connectivity index (χ3v) is 11.7. The molecule has 222 valence electrons. The lowest BCUT2D eigenvalue weighted by Crippen LogP contribution is -2.58. The van der Waals surface area contributed by atoms with Gasteiger partial charge < -0.3 is 19.9 Å². The Labute approximate surface area is 241 Å². The van der Waals surface area contributed by atoms with Crippen LogP contribution in [-0.4, -0.2) is 78.9 Å². The number of rotatable bonds is 14. The van der Waals surface area contributed by atoms with Gasteiger partial charge in [0.2, 0.25) is 12.7 Å². The van der Waals surface area contributed by atoms with Crippen LogP contribution >= 0.6 is 7.14 Å². The number of benzene rings is 3. The van der Waals surface area contributed by atoms with Gasteiger partial charge in [-0.05, 0) is 43.0 Å².